The molecule has 5 unspecified atom stereocenters. The van der Waals surface area contributed by atoms with Gasteiger partial charge in [-0.15, -0.1) is 0 Å². The van der Waals surface area contributed by atoms with E-state index in [1.54, 1.807) is 0 Å². The van der Waals surface area contributed by atoms with Crippen LogP contribution in [0.4, 0.5) is 0 Å². The van der Waals surface area contributed by atoms with Crippen LogP contribution in [0, 0.1) is 11.8 Å². The third-order valence-electron chi connectivity index (χ3n) is 4.64. The van der Waals surface area contributed by atoms with Gasteiger partial charge in [0.1, 0.15) is 0 Å². The lowest BCUT2D eigenvalue weighted by atomic mass is 9.73. The Morgan fingerprint density at radius 1 is 0.857 bits per heavy atom. The fraction of sp³-hybridized carbons (Fsp3) is 1.00. The molecule has 14 heavy (non-hydrogen) atoms. The Hall–Kier alpha value is 0.440. The van der Waals surface area contributed by atoms with Gasteiger partial charge in [-0.25, -0.2) is 0 Å². The molecule has 2 aliphatic carbocycles. The molecule has 5 atom stereocenters. The molecule has 0 amide bonds. The first kappa shape index (κ1) is 9.65. The molecule has 3 fully saturated rings. The summed E-state index contributed by atoms with van der Waals surface area (Å²) in [6.45, 7) is 0. The first-order valence-electron chi connectivity index (χ1n) is 6.25. The van der Waals surface area contributed by atoms with E-state index < -0.39 is 0 Å². The molecule has 1 heterocycles. The number of halogens is 1. The maximum atomic E-state index is 3.90. The Balaban J connectivity index is 1.74. The summed E-state index contributed by atoms with van der Waals surface area (Å²) in [5, 5.41) is 3.90. The molecule has 0 spiro atoms. The van der Waals surface area contributed by atoms with Gasteiger partial charge in [0.15, 0.2) is 0 Å². The average Bonchev–Trinajstić information content (AvgIpc) is 2.54. The molecule has 1 nitrogen and oxygen atoms in total. The second-order valence-corrected chi connectivity index (χ2v) is 6.70. The highest BCUT2D eigenvalue weighted by Gasteiger charge is 2.45. The molecule has 2 saturated carbocycles. The van der Waals surface area contributed by atoms with E-state index in [2.05, 4.69) is 21.2 Å². The number of fused-ring (bicyclic) bond motifs is 3. The SMILES string of the molecule is BrC1CCC2C(C1)NC1CCCCC12. The zero-order valence-electron chi connectivity index (χ0n) is 8.71. The molecule has 0 aromatic rings. The van der Waals surface area contributed by atoms with E-state index in [1.807, 2.05) is 0 Å². The zero-order chi connectivity index (χ0) is 9.54. The van der Waals surface area contributed by atoms with Crippen molar-refractivity contribution in [1.82, 2.24) is 5.32 Å². The highest BCUT2D eigenvalue weighted by molar-refractivity contribution is 9.09. The fourth-order valence-corrected chi connectivity index (χ4v) is 4.67. The number of rotatable bonds is 0. The first-order valence-corrected chi connectivity index (χ1v) is 7.16. The van der Waals surface area contributed by atoms with Crippen molar-refractivity contribution in [3.8, 4) is 0 Å². The lowest BCUT2D eigenvalue weighted by Gasteiger charge is -2.32. The second-order valence-electron chi connectivity index (χ2n) is 5.40. The van der Waals surface area contributed by atoms with E-state index in [0.29, 0.717) is 0 Å². The lowest BCUT2D eigenvalue weighted by molar-refractivity contribution is 0.235. The Labute approximate surface area is 95.2 Å². The summed E-state index contributed by atoms with van der Waals surface area (Å²) in [5.74, 6) is 2.06. The molecule has 2 heteroatoms. The molecule has 1 saturated heterocycles. The molecule has 0 aromatic carbocycles. The van der Waals surface area contributed by atoms with E-state index in [9.17, 15) is 0 Å². The zero-order valence-corrected chi connectivity index (χ0v) is 10.3. The van der Waals surface area contributed by atoms with Crippen molar-refractivity contribution < 1.29 is 0 Å². The van der Waals surface area contributed by atoms with Gasteiger partial charge in [-0.3, -0.25) is 0 Å². The van der Waals surface area contributed by atoms with Crippen LogP contribution in [0.15, 0.2) is 0 Å². The Morgan fingerprint density at radius 2 is 1.64 bits per heavy atom. The summed E-state index contributed by atoms with van der Waals surface area (Å²) in [6.07, 6.45) is 10.2. The van der Waals surface area contributed by atoms with Crippen LogP contribution >= 0.6 is 15.9 Å². The summed E-state index contributed by atoms with van der Waals surface area (Å²) in [4.78, 5) is 0.788. The van der Waals surface area contributed by atoms with Gasteiger partial charge in [-0.2, -0.15) is 0 Å². The molecule has 3 aliphatic rings. The standard InChI is InChI=1S/C12H20BrN/c13-8-5-6-10-9-3-1-2-4-11(9)14-12(10)7-8/h8-12,14H,1-7H2. The maximum absolute atomic E-state index is 3.90. The average molecular weight is 258 g/mol. The quantitative estimate of drug-likeness (QED) is 0.658. The summed E-state index contributed by atoms with van der Waals surface area (Å²) in [5.41, 5.74) is 0. The third-order valence-corrected chi connectivity index (χ3v) is 5.47. The van der Waals surface area contributed by atoms with E-state index in [-0.39, 0.29) is 0 Å². The smallest absolute Gasteiger partial charge is 0.0160 e. The largest absolute Gasteiger partial charge is 0.311 e. The molecule has 0 aromatic heterocycles. The molecular weight excluding hydrogens is 238 g/mol. The Kier molecular flexibility index (Phi) is 2.61. The van der Waals surface area contributed by atoms with Crippen molar-refractivity contribution >= 4 is 15.9 Å². The predicted octanol–water partition coefficient (Wildman–Crippen LogP) is 3.08. The van der Waals surface area contributed by atoms with Crippen molar-refractivity contribution in [2.45, 2.75) is 61.9 Å². The minimum Gasteiger partial charge on any atom is -0.311 e. The number of nitrogens with one attached hydrogen (secondary N) is 1. The number of hydrogen-bond acceptors (Lipinski definition) is 1. The van der Waals surface area contributed by atoms with Crippen molar-refractivity contribution in [2.75, 3.05) is 0 Å². The van der Waals surface area contributed by atoms with Crippen LogP contribution in [0.25, 0.3) is 0 Å². The third kappa shape index (κ3) is 1.55. The summed E-state index contributed by atoms with van der Waals surface area (Å²) < 4.78 is 0. The summed E-state index contributed by atoms with van der Waals surface area (Å²) in [6, 6.07) is 1.73. The number of alkyl halides is 1. The lowest BCUT2D eigenvalue weighted by Crippen LogP contribution is -2.36. The molecular formula is C12H20BrN. The van der Waals surface area contributed by atoms with Gasteiger partial charge in [-0.1, -0.05) is 28.8 Å². The molecule has 1 N–H and O–H groups in total. The highest BCUT2D eigenvalue weighted by atomic mass is 79.9. The van der Waals surface area contributed by atoms with E-state index >= 15 is 0 Å². The van der Waals surface area contributed by atoms with Crippen LogP contribution in [-0.4, -0.2) is 16.9 Å². The van der Waals surface area contributed by atoms with Crippen molar-refractivity contribution in [3.63, 3.8) is 0 Å². The second kappa shape index (κ2) is 3.79. The maximum Gasteiger partial charge on any atom is 0.0160 e. The van der Waals surface area contributed by atoms with E-state index in [4.69, 9.17) is 0 Å². The van der Waals surface area contributed by atoms with Gasteiger partial charge >= 0.3 is 0 Å². The Bertz CT molecular complexity index is 218. The molecule has 1 aliphatic heterocycles. The predicted molar refractivity (Wildman–Crippen MR) is 62.7 cm³/mol. The van der Waals surface area contributed by atoms with Gasteiger partial charge in [0.25, 0.3) is 0 Å². The van der Waals surface area contributed by atoms with Gasteiger partial charge in [0.05, 0.1) is 0 Å². The van der Waals surface area contributed by atoms with Crippen molar-refractivity contribution in [2.24, 2.45) is 11.8 Å². The van der Waals surface area contributed by atoms with Crippen LogP contribution in [0.3, 0.4) is 0 Å². The number of hydrogen-bond donors (Lipinski definition) is 1. The van der Waals surface area contributed by atoms with E-state index in [0.717, 1.165) is 28.7 Å². The van der Waals surface area contributed by atoms with Crippen LogP contribution in [0.2, 0.25) is 0 Å². The Morgan fingerprint density at radius 3 is 2.57 bits per heavy atom. The van der Waals surface area contributed by atoms with E-state index in [1.165, 1.54) is 44.9 Å². The molecule has 3 rings (SSSR count). The van der Waals surface area contributed by atoms with Gasteiger partial charge in [0, 0.05) is 16.9 Å². The molecule has 0 radical (unpaired) electrons. The highest BCUT2D eigenvalue weighted by Crippen LogP contribution is 2.44. The minimum atomic E-state index is 0.788. The molecule has 80 valence electrons. The molecule has 0 bridgehead atoms. The van der Waals surface area contributed by atoms with Gasteiger partial charge < -0.3 is 5.32 Å². The van der Waals surface area contributed by atoms with Gasteiger partial charge in [-0.05, 0) is 43.9 Å². The van der Waals surface area contributed by atoms with Crippen molar-refractivity contribution in [3.05, 3.63) is 0 Å². The fourth-order valence-electron chi connectivity index (χ4n) is 4.00. The van der Waals surface area contributed by atoms with Gasteiger partial charge in [0.2, 0.25) is 0 Å². The van der Waals surface area contributed by atoms with Crippen LogP contribution < -0.4 is 5.32 Å². The van der Waals surface area contributed by atoms with Crippen molar-refractivity contribution in [1.29, 1.82) is 0 Å². The normalized spacial score (nSPS) is 52.5. The topological polar surface area (TPSA) is 12.0 Å². The monoisotopic (exact) mass is 257 g/mol. The first-order chi connectivity index (χ1) is 6.84. The van der Waals surface area contributed by atoms with Crippen LogP contribution in [-0.2, 0) is 0 Å². The summed E-state index contributed by atoms with van der Waals surface area (Å²) in [7, 11) is 0. The minimum absolute atomic E-state index is 0.788. The summed E-state index contributed by atoms with van der Waals surface area (Å²) >= 11 is 3.78. The van der Waals surface area contributed by atoms with Crippen LogP contribution in [0.1, 0.15) is 44.9 Å². The van der Waals surface area contributed by atoms with Crippen LogP contribution in [0.5, 0.6) is 0 Å².